The van der Waals surface area contributed by atoms with E-state index in [0.717, 1.165) is 19.3 Å². The largest absolute Gasteiger partial charge is 0.388 e. The van der Waals surface area contributed by atoms with Crippen LogP contribution < -0.4 is 0 Å². The van der Waals surface area contributed by atoms with Gasteiger partial charge in [-0.25, -0.2) is 0 Å². The Kier molecular flexibility index (Phi) is 9.18. The summed E-state index contributed by atoms with van der Waals surface area (Å²) in [7, 11) is 0. The van der Waals surface area contributed by atoms with Gasteiger partial charge in [-0.3, -0.25) is 0 Å². The van der Waals surface area contributed by atoms with Crippen molar-refractivity contribution in [2.24, 2.45) is 0 Å². The van der Waals surface area contributed by atoms with Crippen LogP contribution in [0.3, 0.4) is 0 Å². The Bertz CT molecular complexity index is 155. The number of rotatable bonds is 7. The second-order valence-corrected chi connectivity index (χ2v) is 3.36. The van der Waals surface area contributed by atoms with Crippen molar-refractivity contribution >= 4 is 0 Å². The van der Waals surface area contributed by atoms with Crippen molar-refractivity contribution in [2.75, 3.05) is 0 Å². The summed E-state index contributed by atoms with van der Waals surface area (Å²) in [6, 6.07) is 0. The molecule has 0 aliphatic carbocycles. The number of hydrogen-bond acceptors (Lipinski definition) is 1. The van der Waals surface area contributed by atoms with Gasteiger partial charge in [0.1, 0.15) is 0 Å². The molecule has 1 nitrogen and oxygen atoms in total. The molecule has 0 rings (SSSR count). The smallest absolute Gasteiger partial charge is 0.0794 e. The highest BCUT2D eigenvalue weighted by molar-refractivity contribution is 4.89. The average Bonchev–Trinajstić information content (AvgIpc) is 2.13. The zero-order valence-corrected chi connectivity index (χ0v) is 8.92. The van der Waals surface area contributed by atoms with Crippen molar-refractivity contribution in [3.05, 3.63) is 17.9 Å². The molecule has 0 saturated carbocycles. The monoisotopic (exact) mass is 182 g/mol. The zero-order chi connectivity index (χ0) is 9.94. The third kappa shape index (κ3) is 9.39. The molecule has 0 aromatic rings. The van der Waals surface area contributed by atoms with Crippen molar-refractivity contribution in [3.8, 4) is 0 Å². The topological polar surface area (TPSA) is 20.2 Å². The first-order chi connectivity index (χ1) is 6.31. The van der Waals surface area contributed by atoms with E-state index in [1.165, 1.54) is 19.3 Å². The van der Waals surface area contributed by atoms with Crippen molar-refractivity contribution in [1.82, 2.24) is 0 Å². The predicted octanol–water partition coefficient (Wildman–Crippen LogP) is 3.44. The fraction of sp³-hybridized carbons (Fsp3) is 0.750. The third-order valence-corrected chi connectivity index (χ3v) is 1.96. The van der Waals surface area contributed by atoms with Gasteiger partial charge in [0, 0.05) is 0 Å². The van der Waals surface area contributed by atoms with Crippen LogP contribution in [0.4, 0.5) is 0 Å². The van der Waals surface area contributed by atoms with Gasteiger partial charge in [0.05, 0.1) is 6.10 Å². The lowest BCUT2D eigenvalue weighted by Gasteiger charge is -2.02. The molecule has 0 saturated heterocycles. The summed E-state index contributed by atoms with van der Waals surface area (Å²) in [5.74, 6) is 0. The molecule has 1 heteroatoms. The van der Waals surface area contributed by atoms with E-state index in [-0.39, 0.29) is 6.10 Å². The molecular formula is C12H22O. The molecule has 0 aromatic heterocycles. The van der Waals surface area contributed by atoms with Crippen molar-refractivity contribution in [1.29, 1.82) is 0 Å². The van der Waals surface area contributed by atoms with Crippen molar-refractivity contribution in [3.63, 3.8) is 0 Å². The molecule has 0 aromatic carbocycles. The highest BCUT2D eigenvalue weighted by Crippen LogP contribution is 2.05. The summed E-state index contributed by atoms with van der Waals surface area (Å²) >= 11 is 0. The highest BCUT2D eigenvalue weighted by atomic mass is 16.3. The molecule has 13 heavy (non-hydrogen) atoms. The number of aliphatic hydroxyl groups is 1. The maximum atomic E-state index is 9.44. The molecule has 0 spiro atoms. The molecule has 0 aliphatic rings. The average molecular weight is 182 g/mol. The number of unbranched alkanes of at least 4 members (excludes halogenated alkanes) is 3. The van der Waals surface area contributed by atoms with E-state index in [0.29, 0.717) is 0 Å². The molecule has 0 aliphatic heterocycles. The second kappa shape index (κ2) is 9.57. The molecule has 0 fully saturated rings. The van der Waals surface area contributed by atoms with Gasteiger partial charge in [-0.2, -0.15) is 0 Å². The summed E-state index contributed by atoms with van der Waals surface area (Å²) in [6.07, 6.45) is 10.2. The van der Waals surface area contributed by atoms with Crippen molar-refractivity contribution in [2.45, 2.75) is 58.5 Å². The van der Waals surface area contributed by atoms with E-state index in [2.05, 4.69) is 19.6 Å². The summed E-state index contributed by atoms with van der Waals surface area (Å²) in [5.41, 5.74) is 2.98. The maximum absolute atomic E-state index is 9.44. The van der Waals surface area contributed by atoms with E-state index in [1.807, 2.05) is 6.08 Å². The van der Waals surface area contributed by atoms with E-state index in [9.17, 15) is 5.11 Å². The fourth-order valence-electron chi connectivity index (χ4n) is 1.16. The Labute approximate surface area is 82.2 Å². The molecule has 1 N–H and O–H groups in total. The zero-order valence-electron chi connectivity index (χ0n) is 8.92. The Morgan fingerprint density at radius 2 is 2.00 bits per heavy atom. The van der Waals surface area contributed by atoms with Crippen LogP contribution in [-0.2, 0) is 0 Å². The normalized spacial score (nSPS) is 11.9. The van der Waals surface area contributed by atoms with E-state index in [4.69, 9.17) is 0 Å². The molecule has 0 bridgehead atoms. The van der Waals surface area contributed by atoms with E-state index < -0.39 is 0 Å². The first-order valence-corrected chi connectivity index (χ1v) is 5.40. The predicted molar refractivity (Wildman–Crippen MR) is 57.7 cm³/mol. The molecular weight excluding hydrogens is 160 g/mol. The minimum Gasteiger partial charge on any atom is -0.388 e. The Morgan fingerprint density at radius 1 is 1.23 bits per heavy atom. The van der Waals surface area contributed by atoms with Gasteiger partial charge in [-0.05, 0) is 25.0 Å². The van der Waals surface area contributed by atoms with E-state index in [1.54, 1.807) is 6.08 Å². The SMILES string of the molecule is CCC=C=CC(O)CCCCCC. The molecule has 0 heterocycles. The lowest BCUT2D eigenvalue weighted by molar-refractivity contribution is 0.208. The van der Waals surface area contributed by atoms with Crippen molar-refractivity contribution < 1.29 is 5.11 Å². The minimum atomic E-state index is -0.292. The number of hydrogen-bond donors (Lipinski definition) is 1. The molecule has 1 unspecified atom stereocenters. The van der Waals surface area contributed by atoms with Crippen LogP contribution >= 0.6 is 0 Å². The van der Waals surface area contributed by atoms with Crippen LogP contribution in [0.25, 0.3) is 0 Å². The van der Waals surface area contributed by atoms with Gasteiger partial charge in [0.25, 0.3) is 0 Å². The summed E-state index contributed by atoms with van der Waals surface area (Å²) in [6.45, 7) is 4.26. The summed E-state index contributed by atoms with van der Waals surface area (Å²) < 4.78 is 0. The second-order valence-electron chi connectivity index (χ2n) is 3.36. The third-order valence-electron chi connectivity index (χ3n) is 1.96. The molecule has 1 atom stereocenters. The first kappa shape index (κ1) is 12.5. The van der Waals surface area contributed by atoms with Crippen LogP contribution in [0.1, 0.15) is 52.4 Å². The Hall–Kier alpha value is -0.520. The first-order valence-electron chi connectivity index (χ1n) is 5.40. The molecule has 0 radical (unpaired) electrons. The van der Waals surface area contributed by atoms with Gasteiger partial charge in [0.15, 0.2) is 0 Å². The maximum Gasteiger partial charge on any atom is 0.0794 e. The molecule has 76 valence electrons. The lowest BCUT2D eigenvalue weighted by Crippen LogP contribution is -2.00. The van der Waals surface area contributed by atoms with Gasteiger partial charge >= 0.3 is 0 Å². The quantitative estimate of drug-likeness (QED) is 0.472. The number of aliphatic hydroxyl groups excluding tert-OH is 1. The van der Waals surface area contributed by atoms with Crippen LogP contribution in [-0.4, -0.2) is 11.2 Å². The Morgan fingerprint density at radius 3 is 2.62 bits per heavy atom. The van der Waals surface area contributed by atoms with Gasteiger partial charge < -0.3 is 5.11 Å². The van der Waals surface area contributed by atoms with Gasteiger partial charge in [-0.1, -0.05) is 39.5 Å². The lowest BCUT2D eigenvalue weighted by atomic mass is 10.1. The van der Waals surface area contributed by atoms with Crippen LogP contribution in [0.5, 0.6) is 0 Å². The Balaban J connectivity index is 3.39. The standard InChI is InChI=1S/C12H22O/c1-3-5-7-9-11-12(13)10-8-6-4-2/h6,10,12-13H,3-5,7,9,11H2,1-2H3. The summed E-state index contributed by atoms with van der Waals surface area (Å²) in [5, 5.41) is 9.44. The van der Waals surface area contributed by atoms with Crippen LogP contribution in [0.2, 0.25) is 0 Å². The molecule has 0 amide bonds. The minimum absolute atomic E-state index is 0.292. The van der Waals surface area contributed by atoms with Crippen LogP contribution in [0.15, 0.2) is 17.9 Å². The van der Waals surface area contributed by atoms with E-state index >= 15 is 0 Å². The highest BCUT2D eigenvalue weighted by Gasteiger charge is 1.96. The summed E-state index contributed by atoms with van der Waals surface area (Å²) in [4.78, 5) is 0. The fourth-order valence-corrected chi connectivity index (χ4v) is 1.16. The van der Waals surface area contributed by atoms with Gasteiger partial charge in [0.2, 0.25) is 0 Å². The van der Waals surface area contributed by atoms with Crippen LogP contribution in [0, 0.1) is 0 Å². The van der Waals surface area contributed by atoms with Gasteiger partial charge in [-0.15, -0.1) is 5.73 Å².